The van der Waals surface area contributed by atoms with Crippen molar-refractivity contribution in [3.63, 3.8) is 0 Å². The highest BCUT2D eigenvalue weighted by Gasteiger charge is 2.06. The van der Waals surface area contributed by atoms with Crippen LogP contribution in [0.15, 0.2) is 40.9 Å². The molecule has 0 unspecified atom stereocenters. The first-order chi connectivity index (χ1) is 10.1. The van der Waals surface area contributed by atoms with Gasteiger partial charge in [-0.15, -0.1) is 0 Å². The van der Waals surface area contributed by atoms with E-state index in [9.17, 15) is 0 Å². The highest BCUT2D eigenvalue weighted by atomic mass is 79.9. The van der Waals surface area contributed by atoms with Gasteiger partial charge in [0.15, 0.2) is 11.5 Å². The summed E-state index contributed by atoms with van der Waals surface area (Å²) in [6.45, 7) is 5.39. The molecule has 0 bridgehead atoms. The van der Waals surface area contributed by atoms with Gasteiger partial charge in [0.05, 0.1) is 13.7 Å². The Morgan fingerprint density at radius 2 is 1.90 bits per heavy atom. The lowest BCUT2D eigenvalue weighted by Gasteiger charge is -2.13. The molecule has 0 amide bonds. The van der Waals surface area contributed by atoms with E-state index in [1.165, 1.54) is 5.56 Å². The third-order valence-corrected chi connectivity index (χ3v) is 3.79. The van der Waals surface area contributed by atoms with E-state index in [0.29, 0.717) is 6.61 Å². The second-order valence-corrected chi connectivity index (χ2v) is 5.61. The van der Waals surface area contributed by atoms with Crippen LogP contribution < -0.4 is 14.8 Å². The first-order valence-electron chi connectivity index (χ1n) is 6.93. The first-order valence-corrected chi connectivity index (χ1v) is 7.73. The number of methoxy groups -OCH3 is 1. The van der Waals surface area contributed by atoms with E-state index in [0.717, 1.165) is 33.8 Å². The molecule has 0 saturated heterocycles. The molecule has 0 heterocycles. The Morgan fingerprint density at radius 1 is 1.10 bits per heavy atom. The van der Waals surface area contributed by atoms with Crippen molar-refractivity contribution in [2.75, 3.05) is 19.0 Å². The normalized spacial score (nSPS) is 10.3. The average Bonchev–Trinajstić information content (AvgIpc) is 2.47. The van der Waals surface area contributed by atoms with Gasteiger partial charge in [-0.2, -0.15) is 0 Å². The zero-order chi connectivity index (χ0) is 15.2. The van der Waals surface area contributed by atoms with Crippen LogP contribution in [0.3, 0.4) is 0 Å². The van der Waals surface area contributed by atoms with Gasteiger partial charge in [0, 0.05) is 16.7 Å². The van der Waals surface area contributed by atoms with Crippen molar-refractivity contribution in [2.24, 2.45) is 0 Å². The smallest absolute Gasteiger partial charge is 0.161 e. The summed E-state index contributed by atoms with van der Waals surface area (Å²) in [6.07, 6.45) is 0. The molecule has 1 N–H and O–H groups in total. The Balaban J connectivity index is 2.10. The van der Waals surface area contributed by atoms with Crippen LogP contribution >= 0.6 is 15.9 Å². The van der Waals surface area contributed by atoms with Crippen LogP contribution in [0.5, 0.6) is 11.5 Å². The van der Waals surface area contributed by atoms with Crippen LogP contribution in [-0.4, -0.2) is 13.7 Å². The molecule has 0 saturated carbocycles. The minimum atomic E-state index is 0.622. The molecule has 4 heteroatoms. The van der Waals surface area contributed by atoms with Crippen LogP contribution in [-0.2, 0) is 6.54 Å². The van der Waals surface area contributed by atoms with Crippen LogP contribution in [0.1, 0.15) is 18.1 Å². The SMILES string of the molecule is CCOc1cc(CNc2ccc(C)cc2Br)ccc1OC. The Kier molecular flexibility index (Phi) is 5.51. The largest absolute Gasteiger partial charge is 0.493 e. The van der Waals surface area contributed by atoms with Crippen molar-refractivity contribution in [1.29, 1.82) is 0 Å². The van der Waals surface area contributed by atoms with E-state index in [2.05, 4.69) is 46.4 Å². The highest BCUT2D eigenvalue weighted by Crippen LogP contribution is 2.29. The summed E-state index contributed by atoms with van der Waals surface area (Å²) in [5.74, 6) is 1.54. The highest BCUT2D eigenvalue weighted by molar-refractivity contribution is 9.10. The van der Waals surface area contributed by atoms with E-state index in [4.69, 9.17) is 9.47 Å². The molecule has 21 heavy (non-hydrogen) atoms. The minimum absolute atomic E-state index is 0.622. The summed E-state index contributed by atoms with van der Waals surface area (Å²) in [5, 5.41) is 3.42. The Morgan fingerprint density at radius 3 is 2.57 bits per heavy atom. The summed E-state index contributed by atoms with van der Waals surface area (Å²) < 4.78 is 12.0. The van der Waals surface area contributed by atoms with Crippen LogP contribution in [0.4, 0.5) is 5.69 Å². The van der Waals surface area contributed by atoms with Gasteiger partial charge in [-0.25, -0.2) is 0 Å². The lowest BCUT2D eigenvalue weighted by atomic mass is 10.2. The molecule has 3 nitrogen and oxygen atoms in total. The molecular weight excluding hydrogens is 330 g/mol. The average molecular weight is 350 g/mol. The molecule has 0 aliphatic carbocycles. The Bertz CT molecular complexity index is 614. The standard InChI is InChI=1S/C17H20BrNO2/c1-4-21-17-10-13(6-8-16(17)20-3)11-19-15-7-5-12(2)9-14(15)18/h5-10,19H,4,11H2,1-3H3. The number of benzene rings is 2. The van der Waals surface area contributed by atoms with Crippen molar-refractivity contribution in [3.8, 4) is 11.5 Å². The van der Waals surface area contributed by atoms with Gasteiger partial charge < -0.3 is 14.8 Å². The predicted octanol–water partition coefficient (Wildman–Crippen LogP) is 4.78. The van der Waals surface area contributed by atoms with Crippen molar-refractivity contribution in [1.82, 2.24) is 0 Å². The van der Waals surface area contributed by atoms with Crippen molar-refractivity contribution in [3.05, 3.63) is 52.0 Å². The quantitative estimate of drug-likeness (QED) is 0.814. The lowest BCUT2D eigenvalue weighted by Crippen LogP contribution is -2.02. The maximum Gasteiger partial charge on any atom is 0.161 e. The maximum atomic E-state index is 5.60. The maximum absolute atomic E-state index is 5.60. The van der Waals surface area contributed by atoms with Gasteiger partial charge in [0.25, 0.3) is 0 Å². The topological polar surface area (TPSA) is 30.5 Å². The first kappa shape index (κ1) is 15.7. The summed E-state index contributed by atoms with van der Waals surface area (Å²) in [5.41, 5.74) is 3.46. The molecule has 0 atom stereocenters. The molecule has 0 radical (unpaired) electrons. The summed E-state index contributed by atoms with van der Waals surface area (Å²) in [4.78, 5) is 0. The third-order valence-electron chi connectivity index (χ3n) is 3.14. The molecule has 0 aromatic heterocycles. The Hall–Kier alpha value is -1.68. The number of hydrogen-bond acceptors (Lipinski definition) is 3. The minimum Gasteiger partial charge on any atom is -0.493 e. The zero-order valence-electron chi connectivity index (χ0n) is 12.6. The summed E-state index contributed by atoms with van der Waals surface area (Å²) in [6, 6.07) is 12.3. The number of nitrogens with one attached hydrogen (secondary N) is 1. The van der Waals surface area contributed by atoms with Crippen molar-refractivity contribution >= 4 is 21.6 Å². The second kappa shape index (κ2) is 7.36. The number of halogens is 1. The molecule has 0 aliphatic rings. The molecule has 2 aromatic rings. The van der Waals surface area contributed by atoms with Gasteiger partial charge in [-0.3, -0.25) is 0 Å². The number of aryl methyl sites for hydroxylation is 1. The fourth-order valence-electron chi connectivity index (χ4n) is 2.06. The van der Waals surface area contributed by atoms with Crippen LogP contribution in [0, 0.1) is 6.92 Å². The fourth-order valence-corrected chi connectivity index (χ4v) is 2.69. The lowest BCUT2D eigenvalue weighted by molar-refractivity contribution is 0.310. The molecule has 2 aromatic carbocycles. The monoisotopic (exact) mass is 349 g/mol. The van der Waals surface area contributed by atoms with Crippen LogP contribution in [0.25, 0.3) is 0 Å². The van der Waals surface area contributed by atoms with E-state index >= 15 is 0 Å². The number of anilines is 1. The second-order valence-electron chi connectivity index (χ2n) is 4.76. The van der Waals surface area contributed by atoms with Gasteiger partial charge in [-0.05, 0) is 65.2 Å². The molecular formula is C17H20BrNO2. The number of hydrogen-bond donors (Lipinski definition) is 1. The summed E-state index contributed by atoms with van der Waals surface area (Å²) >= 11 is 3.58. The van der Waals surface area contributed by atoms with Crippen molar-refractivity contribution < 1.29 is 9.47 Å². The summed E-state index contributed by atoms with van der Waals surface area (Å²) in [7, 11) is 1.65. The van der Waals surface area contributed by atoms with E-state index in [-0.39, 0.29) is 0 Å². The van der Waals surface area contributed by atoms with Gasteiger partial charge in [-0.1, -0.05) is 12.1 Å². The number of ether oxygens (including phenoxy) is 2. The van der Waals surface area contributed by atoms with Gasteiger partial charge in [0.1, 0.15) is 0 Å². The molecule has 112 valence electrons. The van der Waals surface area contributed by atoms with E-state index < -0.39 is 0 Å². The molecule has 2 rings (SSSR count). The zero-order valence-corrected chi connectivity index (χ0v) is 14.2. The number of rotatable bonds is 6. The fraction of sp³-hybridized carbons (Fsp3) is 0.294. The van der Waals surface area contributed by atoms with E-state index in [1.54, 1.807) is 7.11 Å². The van der Waals surface area contributed by atoms with Crippen molar-refractivity contribution in [2.45, 2.75) is 20.4 Å². The molecule has 0 spiro atoms. The van der Waals surface area contributed by atoms with Gasteiger partial charge >= 0.3 is 0 Å². The molecule has 0 fully saturated rings. The predicted molar refractivity (Wildman–Crippen MR) is 90.4 cm³/mol. The van der Waals surface area contributed by atoms with E-state index in [1.807, 2.05) is 25.1 Å². The Labute approximate surface area is 134 Å². The molecule has 0 aliphatic heterocycles. The van der Waals surface area contributed by atoms with Crippen LogP contribution in [0.2, 0.25) is 0 Å². The van der Waals surface area contributed by atoms with Gasteiger partial charge in [0.2, 0.25) is 0 Å². The third kappa shape index (κ3) is 4.14.